The Labute approximate surface area is 105 Å². The zero-order chi connectivity index (χ0) is 12.6. The normalized spacial score (nSPS) is 33.6. The summed E-state index contributed by atoms with van der Waals surface area (Å²) in [6, 6.07) is 1.26. The van der Waals surface area contributed by atoms with Gasteiger partial charge in [-0.2, -0.15) is 0 Å². The third-order valence-electron chi connectivity index (χ3n) is 4.52. The van der Waals surface area contributed by atoms with Crippen LogP contribution in [0.25, 0.3) is 0 Å². The Morgan fingerprint density at radius 2 is 1.82 bits per heavy atom. The summed E-state index contributed by atoms with van der Waals surface area (Å²) in [6.45, 7) is 8.04. The molecule has 2 unspecified atom stereocenters. The van der Waals surface area contributed by atoms with E-state index >= 15 is 0 Å². The zero-order valence-electron chi connectivity index (χ0n) is 11.4. The maximum Gasteiger partial charge on any atom is 0.0911 e. The van der Waals surface area contributed by atoms with Crippen LogP contribution in [0.1, 0.15) is 33.1 Å². The van der Waals surface area contributed by atoms with Gasteiger partial charge in [-0.3, -0.25) is 15.2 Å². The summed E-state index contributed by atoms with van der Waals surface area (Å²) in [6.07, 6.45) is 3.30. The van der Waals surface area contributed by atoms with Gasteiger partial charge in [0.1, 0.15) is 0 Å². The van der Waals surface area contributed by atoms with Gasteiger partial charge in [-0.1, -0.05) is 0 Å². The van der Waals surface area contributed by atoms with Gasteiger partial charge >= 0.3 is 0 Å². The minimum atomic E-state index is 0.348. The van der Waals surface area contributed by atoms with Gasteiger partial charge in [0.05, 0.1) is 5.84 Å². The van der Waals surface area contributed by atoms with Crippen molar-refractivity contribution in [1.82, 2.24) is 9.80 Å². The van der Waals surface area contributed by atoms with Crippen molar-refractivity contribution in [3.8, 4) is 0 Å². The molecule has 1 aliphatic heterocycles. The molecule has 2 atom stereocenters. The fourth-order valence-corrected chi connectivity index (χ4v) is 3.09. The molecule has 0 amide bonds. The van der Waals surface area contributed by atoms with E-state index in [1.165, 1.54) is 12.8 Å². The van der Waals surface area contributed by atoms with Crippen LogP contribution < -0.4 is 5.73 Å². The van der Waals surface area contributed by atoms with Gasteiger partial charge in [0, 0.05) is 38.1 Å². The van der Waals surface area contributed by atoms with Gasteiger partial charge in [0.2, 0.25) is 0 Å². The van der Waals surface area contributed by atoms with Crippen molar-refractivity contribution in [2.45, 2.75) is 45.2 Å². The average Bonchev–Trinajstić information content (AvgIpc) is 2.92. The first-order chi connectivity index (χ1) is 7.92. The monoisotopic (exact) mass is 238 g/mol. The van der Waals surface area contributed by atoms with Crippen LogP contribution in [0.15, 0.2) is 0 Å². The quantitative estimate of drug-likeness (QED) is 0.570. The molecule has 4 heteroatoms. The largest absolute Gasteiger partial charge is 0.388 e. The molecule has 0 aromatic rings. The molecule has 4 nitrogen and oxygen atoms in total. The Kier molecular flexibility index (Phi) is 3.46. The highest BCUT2D eigenvalue weighted by atomic mass is 15.3. The number of nitrogens with zero attached hydrogens (tertiary/aromatic N) is 2. The third-order valence-corrected chi connectivity index (χ3v) is 4.52. The second-order valence-electron chi connectivity index (χ2n) is 6.26. The molecule has 2 rings (SSSR count). The van der Waals surface area contributed by atoms with Crippen molar-refractivity contribution in [1.29, 1.82) is 5.41 Å². The summed E-state index contributed by atoms with van der Waals surface area (Å²) in [4.78, 5) is 5.03. The summed E-state index contributed by atoms with van der Waals surface area (Å²) < 4.78 is 0. The first-order valence-corrected chi connectivity index (χ1v) is 6.69. The van der Waals surface area contributed by atoms with Crippen LogP contribution in [0.4, 0.5) is 0 Å². The third kappa shape index (κ3) is 2.99. The highest BCUT2D eigenvalue weighted by molar-refractivity contribution is 5.78. The molecule has 2 fully saturated rings. The van der Waals surface area contributed by atoms with Crippen LogP contribution >= 0.6 is 0 Å². The molecule has 98 valence electrons. The number of piperazine rings is 1. The van der Waals surface area contributed by atoms with Crippen LogP contribution in [0.2, 0.25) is 0 Å². The minimum absolute atomic E-state index is 0.348. The predicted octanol–water partition coefficient (Wildman–Crippen LogP) is 1.12. The Morgan fingerprint density at radius 1 is 1.29 bits per heavy atom. The maximum atomic E-state index is 7.47. The van der Waals surface area contributed by atoms with Crippen LogP contribution in [0.5, 0.6) is 0 Å². The number of hydrogen-bond donors (Lipinski definition) is 2. The number of hydrogen-bond acceptors (Lipinski definition) is 3. The van der Waals surface area contributed by atoms with Crippen molar-refractivity contribution in [2.75, 3.05) is 26.7 Å². The number of amidine groups is 1. The number of rotatable bonds is 4. The first-order valence-electron chi connectivity index (χ1n) is 6.69. The molecule has 1 saturated heterocycles. The fourth-order valence-electron chi connectivity index (χ4n) is 3.09. The number of likely N-dealkylation sites (N-methyl/N-ethyl adjacent to an activating group) is 1. The maximum absolute atomic E-state index is 7.47. The lowest BCUT2D eigenvalue weighted by Crippen LogP contribution is -2.56. The van der Waals surface area contributed by atoms with Crippen LogP contribution in [0.3, 0.4) is 0 Å². The van der Waals surface area contributed by atoms with Gasteiger partial charge in [0.15, 0.2) is 0 Å². The van der Waals surface area contributed by atoms with Crippen molar-refractivity contribution >= 4 is 5.84 Å². The molecule has 1 saturated carbocycles. The molecule has 1 aliphatic carbocycles. The topological polar surface area (TPSA) is 56.4 Å². The van der Waals surface area contributed by atoms with E-state index in [1.807, 2.05) is 0 Å². The lowest BCUT2D eigenvalue weighted by Gasteiger charge is -2.43. The molecule has 0 aromatic carbocycles. The number of nitrogens with one attached hydrogen (secondary N) is 1. The van der Waals surface area contributed by atoms with Crippen molar-refractivity contribution in [3.05, 3.63) is 0 Å². The Balaban J connectivity index is 1.89. The van der Waals surface area contributed by atoms with E-state index in [-0.39, 0.29) is 0 Å². The van der Waals surface area contributed by atoms with E-state index in [9.17, 15) is 0 Å². The summed E-state index contributed by atoms with van der Waals surface area (Å²) in [5.41, 5.74) is 5.91. The molecule has 0 radical (unpaired) electrons. The zero-order valence-corrected chi connectivity index (χ0v) is 11.4. The van der Waals surface area contributed by atoms with Gasteiger partial charge in [-0.05, 0) is 39.2 Å². The van der Waals surface area contributed by atoms with Gasteiger partial charge in [0.25, 0.3) is 0 Å². The van der Waals surface area contributed by atoms with Crippen LogP contribution in [-0.2, 0) is 0 Å². The van der Waals surface area contributed by atoms with Crippen molar-refractivity contribution in [2.24, 2.45) is 11.1 Å². The van der Waals surface area contributed by atoms with E-state index in [4.69, 9.17) is 11.1 Å². The standard InChI is InChI=1S/C13H26N4/c1-10-7-17(8-11(2)16(10)3)9-13(4-5-13)6-12(14)15/h10-11H,4-9H2,1-3H3,(H3,14,15). The molecule has 17 heavy (non-hydrogen) atoms. The summed E-state index contributed by atoms with van der Waals surface area (Å²) in [7, 11) is 2.22. The smallest absolute Gasteiger partial charge is 0.0911 e. The fraction of sp³-hybridized carbons (Fsp3) is 0.923. The first kappa shape index (κ1) is 12.8. The Hall–Kier alpha value is -0.610. The molecule has 0 aromatic heterocycles. The molecule has 1 heterocycles. The number of nitrogens with two attached hydrogens (primary N) is 1. The minimum Gasteiger partial charge on any atom is -0.388 e. The van der Waals surface area contributed by atoms with Gasteiger partial charge in [-0.25, -0.2) is 0 Å². The predicted molar refractivity (Wildman–Crippen MR) is 71.3 cm³/mol. The Morgan fingerprint density at radius 3 is 2.24 bits per heavy atom. The molecule has 2 aliphatic rings. The van der Waals surface area contributed by atoms with Crippen molar-refractivity contribution in [3.63, 3.8) is 0 Å². The van der Waals surface area contributed by atoms with E-state index < -0.39 is 0 Å². The second-order valence-corrected chi connectivity index (χ2v) is 6.26. The van der Waals surface area contributed by atoms with E-state index in [1.54, 1.807) is 0 Å². The average molecular weight is 238 g/mol. The van der Waals surface area contributed by atoms with Gasteiger partial charge < -0.3 is 5.73 Å². The lowest BCUT2D eigenvalue weighted by molar-refractivity contribution is 0.0484. The summed E-state index contributed by atoms with van der Waals surface area (Å²) >= 11 is 0. The van der Waals surface area contributed by atoms with E-state index in [0.29, 0.717) is 23.3 Å². The second kappa shape index (κ2) is 4.58. The SMILES string of the molecule is CC1CN(CC2(CC(=N)N)CC2)CC(C)N1C. The molecule has 0 bridgehead atoms. The van der Waals surface area contributed by atoms with E-state index in [0.717, 1.165) is 26.1 Å². The Bertz CT molecular complexity index is 286. The molecule has 3 N–H and O–H groups in total. The molecule has 0 spiro atoms. The van der Waals surface area contributed by atoms with Crippen molar-refractivity contribution < 1.29 is 0 Å². The van der Waals surface area contributed by atoms with Gasteiger partial charge in [-0.15, -0.1) is 0 Å². The van der Waals surface area contributed by atoms with Crippen LogP contribution in [-0.4, -0.2) is 54.4 Å². The molecular formula is C13H26N4. The van der Waals surface area contributed by atoms with E-state index in [2.05, 4.69) is 30.7 Å². The molecular weight excluding hydrogens is 212 g/mol. The summed E-state index contributed by atoms with van der Waals surface area (Å²) in [5, 5.41) is 7.47. The highest BCUT2D eigenvalue weighted by Gasteiger charge is 2.45. The lowest BCUT2D eigenvalue weighted by atomic mass is 9.99. The summed E-state index contributed by atoms with van der Waals surface area (Å²) in [5.74, 6) is 0.359. The highest BCUT2D eigenvalue weighted by Crippen LogP contribution is 2.49. The van der Waals surface area contributed by atoms with Crippen LogP contribution in [0, 0.1) is 10.8 Å².